The average molecular weight is 316 g/mol. The summed E-state index contributed by atoms with van der Waals surface area (Å²) in [7, 11) is 0. The number of aromatic nitrogens is 1. The molecule has 0 saturated heterocycles. The minimum atomic E-state index is -0.380. The first-order chi connectivity index (χ1) is 9.02. The predicted molar refractivity (Wildman–Crippen MR) is 78.3 cm³/mol. The molecule has 0 bridgehead atoms. The van der Waals surface area contributed by atoms with E-state index >= 15 is 0 Å². The van der Waals surface area contributed by atoms with Crippen LogP contribution in [0.25, 0.3) is 11.3 Å². The van der Waals surface area contributed by atoms with Crippen molar-refractivity contribution in [1.82, 2.24) is 4.98 Å². The van der Waals surface area contributed by atoms with Crippen LogP contribution in [0.4, 0.5) is 0 Å². The van der Waals surface area contributed by atoms with Crippen molar-refractivity contribution in [1.29, 1.82) is 0 Å². The number of halogens is 2. The Kier molecular flexibility index (Phi) is 4.45. The van der Waals surface area contributed by atoms with Gasteiger partial charge >= 0.3 is 5.97 Å². The summed E-state index contributed by atoms with van der Waals surface area (Å²) in [4.78, 5) is 16.7. The molecule has 0 spiro atoms. The molecule has 0 unspecified atom stereocenters. The van der Waals surface area contributed by atoms with E-state index in [-0.39, 0.29) is 5.97 Å². The lowest BCUT2D eigenvalue weighted by atomic mass is 10.1. The lowest BCUT2D eigenvalue weighted by Crippen LogP contribution is -2.04. The summed E-state index contributed by atoms with van der Waals surface area (Å²) in [6, 6.07) is 5.09. The quantitative estimate of drug-likeness (QED) is 0.777. The number of esters is 1. The highest BCUT2D eigenvalue weighted by Gasteiger charge is 2.20. The van der Waals surface area contributed by atoms with Crippen LogP contribution >= 0.6 is 34.5 Å². The Balaban J connectivity index is 2.52. The van der Waals surface area contributed by atoms with Crippen LogP contribution in [0.1, 0.15) is 21.6 Å². The Morgan fingerprint density at radius 1 is 1.42 bits per heavy atom. The van der Waals surface area contributed by atoms with Crippen LogP contribution in [-0.2, 0) is 4.74 Å². The zero-order valence-corrected chi connectivity index (χ0v) is 12.7. The summed E-state index contributed by atoms with van der Waals surface area (Å²) in [6.07, 6.45) is 0. The van der Waals surface area contributed by atoms with Gasteiger partial charge < -0.3 is 4.74 Å². The van der Waals surface area contributed by atoms with E-state index in [4.69, 9.17) is 27.9 Å². The molecule has 0 fully saturated rings. The van der Waals surface area contributed by atoms with E-state index in [1.807, 2.05) is 6.92 Å². The monoisotopic (exact) mass is 315 g/mol. The molecule has 0 atom stereocenters. The number of rotatable bonds is 3. The van der Waals surface area contributed by atoms with Crippen molar-refractivity contribution in [2.45, 2.75) is 13.8 Å². The minimum absolute atomic E-state index is 0.323. The van der Waals surface area contributed by atoms with Gasteiger partial charge in [-0.15, -0.1) is 11.3 Å². The summed E-state index contributed by atoms with van der Waals surface area (Å²) in [6.45, 7) is 3.92. The number of carbonyl (C=O) groups excluding carboxylic acids is 1. The largest absolute Gasteiger partial charge is 0.462 e. The number of benzene rings is 1. The van der Waals surface area contributed by atoms with E-state index in [0.717, 1.165) is 5.01 Å². The maximum absolute atomic E-state index is 11.9. The molecule has 0 aliphatic rings. The molecular formula is C13H11Cl2NO2S. The van der Waals surface area contributed by atoms with E-state index in [0.29, 0.717) is 32.8 Å². The van der Waals surface area contributed by atoms with Crippen LogP contribution in [0.3, 0.4) is 0 Å². The van der Waals surface area contributed by atoms with Crippen LogP contribution in [0.5, 0.6) is 0 Å². The SMILES string of the molecule is CCOC(=O)c1sc(C)nc1-c1ccc(Cl)cc1Cl. The van der Waals surface area contributed by atoms with E-state index in [9.17, 15) is 4.79 Å². The molecule has 1 heterocycles. The van der Waals surface area contributed by atoms with Gasteiger partial charge in [0.1, 0.15) is 4.88 Å². The fraction of sp³-hybridized carbons (Fsp3) is 0.231. The van der Waals surface area contributed by atoms with Crippen molar-refractivity contribution < 1.29 is 9.53 Å². The van der Waals surface area contributed by atoms with Gasteiger partial charge in [-0.1, -0.05) is 23.2 Å². The smallest absolute Gasteiger partial charge is 0.350 e. The average Bonchev–Trinajstić information content (AvgIpc) is 2.71. The van der Waals surface area contributed by atoms with E-state index in [2.05, 4.69) is 4.98 Å². The van der Waals surface area contributed by atoms with Gasteiger partial charge in [0.25, 0.3) is 0 Å². The highest BCUT2D eigenvalue weighted by atomic mass is 35.5. The molecule has 6 heteroatoms. The van der Waals surface area contributed by atoms with Crippen molar-refractivity contribution in [3.63, 3.8) is 0 Å². The normalized spacial score (nSPS) is 10.5. The lowest BCUT2D eigenvalue weighted by Gasteiger charge is -2.05. The number of carbonyl (C=O) groups is 1. The highest BCUT2D eigenvalue weighted by Crippen LogP contribution is 2.34. The van der Waals surface area contributed by atoms with Crippen LogP contribution in [-0.4, -0.2) is 17.6 Å². The van der Waals surface area contributed by atoms with Gasteiger partial charge in [-0.3, -0.25) is 0 Å². The van der Waals surface area contributed by atoms with Crippen LogP contribution in [0.15, 0.2) is 18.2 Å². The molecule has 19 heavy (non-hydrogen) atoms. The Bertz CT molecular complexity index is 625. The van der Waals surface area contributed by atoms with Gasteiger partial charge in [0.05, 0.1) is 22.3 Å². The number of ether oxygens (including phenoxy) is 1. The molecular weight excluding hydrogens is 305 g/mol. The molecule has 2 aromatic rings. The number of thiazole rings is 1. The first kappa shape index (κ1) is 14.3. The maximum atomic E-state index is 11.9. The van der Waals surface area contributed by atoms with Crippen LogP contribution in [0.2, 0.25) is 10.0 Å². The van der Waals surface area contributed by atoms with Gasteiger partial charge in [-0.05, 0) is 32.0 Å². The first-order valence-corrected chi connectivity index (χ1v) is 7.20. The van der Waals surface area contributed by atoms with Crippen molar-refractivity contribution in [2.75, 3.05) is 6.61 Å². The Morgan fingerprint density at radius 2 is 2.16 bits per heavy atom. The lowest BCUT2D eigenvalue weighted by molar-refractivity contribution is 0.0532. The third kappa shape index (κ3) is 3.08. The second-order valence-electron chi connectivity index (χ2n) is 3.76. The van der Waals surface area contributed by atoms with Crippen LogP contribution < -0.4 is 0 Å². The number of hydrogen-bond acceptors (Lipinski definition) is 4. The van der Waals surface area contributed by atoms with E-state index < -0.39 is 0 Å². The van der Waals surface area contributed by atoms with Crippen molar-refractivity contribution in [2.24, 2.45) is 0 Å². The standard InChI is InChI=1S/C13H11Cl2NO2S/c1-3-18-13(17)12-11(16-7(2)19-12)9-5-4-8(14)6-10(9)15/h4-6H,3H2,1-2H3. The molecule has 3 nitrogen and oxygen atoms in total. The summed E-state index contributed by atoms with van der Waals surface area (Å²) < 4.78 is 5.03. The second kappa shape index (κ2) is 5.90. The highest BCUT2D eigenvalue weighted by molar-refractivity contribution is 7.14. The Hall–Kier alpha value is -1.10. The Morgan fingerprint density at radius 3 is 2.79 bits per heavy atom. The van der Waals surface area contributed by atoms with Crippen LogP contribution in [0, 0.1) is 6.92 Å². The zero-order chi connectivity index (χ0) is 14.0. The van der Waals surface area contributed by atoms with Crippen molar-refractivity contribution in [3.05, 3.63) is 38.1 Å². The number of nitrogens with zero attached hydrogens (tertiary/aromatic N) is 1. The molecule has 1 aromatic heterocycles. The summed E-state index contributed by atoms with van der Waals surface area (Å²) in [5, 5.41) is 1.78. The summed E-state index contributed by atoms with van der Waals surface area (Å²) in [5.41, 5.74) is 1.22. The fourth-order valence-electron chi connectivity index (χ4n) is 1.63. The molecule has 0 N–H and O–H groups in total. The molecule has 0 aliphatic heterocycles. The molecule has 100 valence electrons. The molecule has 2 rings (SSSR count). The first-order valence-electron chi connectivity index (χ1n) is 5.63. The number of aryl methyl sites for hydroxylation is 1. The topological polar surface area (TPSA) is 39.2 Å². The zero-order valence-electron chi connectivity index (χ0n) is 10.4. The van der Waals surface area contributed by atoms with Crippen molar-refractivity contribution in [3.8, 4) is 11.3 Å². The number of hydrogen-bond donors (Lipinski definition) is 0. The minimum Gasteiger partial charge on any atom is -0.462 e. The third-order valence-corrected chi connectivity index (χ3v) is 3.88. The van der Waals surface area contributed by atoms with Gasteiger partial charge in [0.15, 0.2) is 0 Å². The summed E-state index contributed by atoms with van der Waals surface area (Å²) >= 11 is 13.3. The molecule has 0 aliphatic carbocycles. The van der Waals surface area contributed by atoms with E-state index in [1.165, 1.54) is 11.3 Å². The van der Waals surface area contributed by atoms with Gasteiger partial charge in [0.2, 0.25) is 0 Å². The third-order valence-electron chi connectivity index (χ3n) is 2.38. The predicted octanol–water partition coefficient (Wildman–Crippen LogP) is 4.60. The second-order valence-corrected chi connectivity index (χ2v) is 5.80. The van der Waals surface area contributed by atoms with Gasteiger partial charge in [0, 0.05) is 10.6 Å². The van der Waals surface area contributed by atoms with E-state index in [1.54, 1.807) is 25.1 Å². The Labute approximate surface area is 125 Å². The van der Waals surface area contributed by atoms with Gasteiger partial charge in [-0.25, -0.2) is 9.78 Å². The molecule has 0 amide bonds. The van der Waals surface area contributed by atoms with Gasteiger partial charge in [-0.2, -0.15) is 0 Å². The summed E-state index contributed by atoms with van der Waals surface area (Å²) in [5.74, 6) is -0.380. The van der Waals surface area contributed by atoms with Crippen molar-refractivity contribution >= 4 is 40.5 Å². The molecule has 0 saturated carbocycles. The molecule has 0 radical (unpaired) electrons. The maximum Gasteiger partial charge on any atom is 0.350 e. The fourth-order valence-corrected chi connectivity index (χ4v) is 2.95. The molecule has 1 aromatic carbocycles.